The van der Waals surface area contributed by atoms with Gasteiger partial charge >= 0.3 is 0 Å². The molecule has 1 fully saturated rings. The number of para-hydroxylation sites is 1. The van der Waals surface area contributed by atoms with Gasteiger partial charge in [-0.15, -0.1) is 0 Å². The number of hydrogen-bond donors (Lipinski definition) is 1. The van der Waals surface area contributed by atoms with E-state index < -0.39 is 5.60 Å². The minimum Gasteiger partial charge on any atom is -0.492 e. The third-order valence-electron chi connectivity index (χ3n) is 5.54. The van der Waals surface area contributed by atoms with Crippen LogP contribution in [0.4, 0.5) is 0 Å². The Morgan fingerprint density at radius 3 is 2.71 bits per heavy atom. The van der Waals surface area contributed by atoms with E-state index in [1.54, 1.807) is 0 Å². The monoisotopic (exact) mass is 421 g/mol. The van der Waals surface area contributed by atoms with Gasteiger partial charge < -0.3 is 14.6 Å². The zero-order chi connectivity index (χ0) is 21.5. The average Bonchev–Trinajstić information content (AvgIpc) is 3.18. The van der Waals surface area contributed by atoms with Crippen molar-refractivity contribution in [2.24, 2.45) is 0 Å². The van der Waals surface area contributed by atoms with Gasteiger partial charge in [-0.2, -0.15) is 5.10 Å². The normalized spacial score (nSPS) is 19.3. The van der Waals surface area contributed by atoms with Crippen LogP contribution >= 0.6 is 0 Å². The van der Waals surface area contributed by atoms with Crippen LogP contribution in [0, 0.1) is 6.92 Å². The molecule has 0 bridgehead atoms. The molecule has 4 rings (SSSR count). The molecule has 1 atom stereocenters. The first-order chi connectivity index (χ1) is 15.1. The zero-order valence-electron chi connectivity index (χ0n) is 18.1. The van der Waals surface area contributed by atoms with Gasteiger partial charge in [0.1, 0.15) is 30.3 Å². The Balaban J connectivity index is 1.28. The summed E-state index contributed by atoms with van der Waals surface area (Å²) in [6.45, 7) is 5.99. The Kier molecular flexibility index (Phi) is 6.89. The van der Waals surface area contributed by atoms with E-state index in [9.17, 15) is 5.11 Å². The maximum absolute atomic E-state index is 11.1. The fraction of sp³-hybridized carbons (Fsp3) is 0.400. The highest BCUT2D eigenvalue weighted by Gasteiger charge is 2.34. The lowest BCUT2D eigenvalue weighted by molar-refractivity contribution is -0.0621. The lowest BCUT2D eigenvalue weighted by Crippen LogP contribution is -2.51. The van der Waals surface area contributed by atoms with Gasteiger partial charge in [-0.05, 0) is 61.7 Å². The van der Waals surface area contributed by atoms with Gasteiger partial charge in [0, 0.05) is 19.3 Å². The van der Waals surface area contributed by atoms with Crippen LogP contribution in [-0.4, -0.2) is 51.7 Å². The van der Waals surface area contributed by atoms with E-state index in [0.29, 0.717) is 19.8 Å². The first-order valence-electron chi connectivity index (χ1n) is 10.9. The smallest absolute Gasteiger partial charge is 0.119 e. The van der Waals surface area contributed by atoms with Crippen LogP contribution in [0.3, 0.4) is 0 Å². The highest BCUT2D eigenvalue weighted by atomic mass is 16.5. The van der Waals surface area contributed by atoms with Crippen molar-refractivity contribution in [2.75, 3.05) is 26.3 Å². The molecule has 0 radical (unpaired) electrons. The molecule has 6 nitrogen and oxygen atoms in total. The van der Waals surface area contributed by atoms with Crippen molar-refractivity contribution in [3.63, 3.8) is 0 Å². The Hall–Kier alpha value is -2.83. The van der Waals surface area contributed by atoms with E-state index >= 15 is 0 Å². The van der Waals surface area contributed by atoms with E-state index in [1.807, 2.05) is 66.5 Å². The highest BCUT2D eigenvalue weighted by Crippen LogP contribution is 2.25. The lowest BCUT2D eigenvalue weighted by Gasteiger charge is -2.39. The second kappa shape index (κ2) is 9.98. The van der Waals surface area contributed by atoms with Crippen LogP contribution in [0.15, 0.2) is 67.0 Å². The fourth-order valence-electron chi connectivity index (χ4n) is 4.03. The van der Waals surface area contributed by atoms with Crippen molar-refractivity contribution in [1.82, 2.24) is 14.7 Å². The van der Waals surface area contributed by atoms with Crippen molar-refractivity contribution in [2.45, 2.75) is 38.5 Å². The SMILES string of the molecule is Cc1cnn(CCOc2cccc(CN3CCC[C@@](O)(COc4ccccc4)C3)c2)c1. The molecule has 31 heavy (non-hydrogen) atoms. The Morgan fingerprint density at radius 2 is 1.90 bits per heavy atom. The molecule has 0 aliphatic carbocycles. The molecule has 2 heterocycles. The summed E-state index contributed by atoms with van der Waals surface area (Å²) in [6, 6.07) is 17.9. The van der Waals surface area contributed by atoms with Gasteiger partial charge in [-0.3, -0.25) is 9.58 Å². The predicted octanol–water partition coefficient (Wildman–Crippen LogP) is 3.68. The summed E-state index contributed by atoms with van der Waals surface area (Å²) in [5, 5.41) is 15.3. The van der Waals surface area contributed by atoms with Gasteiger partial charge in [0.25, 0.3) is 0 Å². The summed E-state index contributed by atoms with van der Waals surface area (Å²) in [7, 11) is 0. The Labute approximate surface area is 184 Å². The second-order valence-electron chi connectivity index (χ2n) is 8.42. The van der Waals surface area contributed by atoms with E-state index in [2.05, 4.69) is 22.1 Å². The zero-order valence-corrected chi connectivity index (χ0v) is 18.1. The van der Waals surface area contributed by atoms with Gasteiger partial charge in [0.15, 0.2) is 0 Å². The highest BCUT2D eigenvalue weighted by molar-refractivity contribution is 5.28. The summed E-state index contributed by atoms with van der Waals surface area (Å²) in [6.07, 6.45) is 5.57. The molecule has 0 saturated carbocycles. The van der Waals surface area contributed by atoms with Crippen molar-refractivity contribution >= 4 is 0 Å². The Bertz CT molecular complexity index is 959. The molecule has 6 heteroatoms. The third-order valence-corrected chi connectivity index (χ3v) is 5.54. The number of aromatic nitrogens is 2. The van der Waals surface area contributed by atoms with Crippen LogP contribution in [0.5, 0.6) is 11.5 Å². The number of aliphatic hydroxyl groups is 1. The number of benzene rings is 2. The number of β-amino-alcohol motifs (C(OH)–C–C–N with tert-alkyl or cyclic N) is 1. The number of aryl methyl sites for hydroxylation is 1. The summed E-state index contributed by atoms with van der Waals surface area (Å²) < 4.78 is 13.7. The van der Waals surface area contributed by atoms with Crippen LogP contribution in [-0.2, 0) is 13.1 Å². The molecule has 0 unspecified atom stereocenters. The van der Waals surface area contributed by atoms with Crippen molar-refractivity contribution in [3.8, 4) is 11.5 Å². The van der Waals surface area contributed by atoms with Crippen LogP contribution in [0.2, 0.25) is 0 Å². The van der Waals surface area contributed by atoms with Gasteiger partial charge in [-0.1, -0.05) is 30.3 Å². The number of piperidine rings is 1. The standard InChI is InChI=1S/C25H31N3O3/c1-21-16-26-28(17-21)13-14-30-24-10-5-7-22(15-24)18-27-12-6-11-25(29,19-27)20-31-23-8-3-2-4-9-23/h2-5,7-10,15-17,29H,6,11-14,18-20H2,1H3/t25-/m0/s1. The molecule has 2 aromatic carbocycles. The number of nitrogens with zero attached hydrogens (tertiary/aromatic N) is 3. The Morgan fingerprint density at radius 1 is 1.06 bits per heavy atom. The minimum absolute atomic E-state index is 0.309. The predicted molar refractivity (Wildman–Crippen MR) is 120 cm³/mol. The number of likely N-dealkylation sites (tertiary alicyclic amines) is 1. The molecule has 1 saturated heterocycles. The topological polar surface area (TPSA) is 59.8 Å². The van der Waals surface area contributed by atoms with E-state index in [4.69, 9.17) is 9.47 Å². The first kappa shape index (κ1) is 21.4. The number of rotatable bonds is 9. The quantitative estimate of drug-likeness (QED) is 0.571. The van der Waals surface area contributed by atoms with Gasteiger partial charge in [0.05, 0.1) is 12.7 Å². The lowest BCUT2D eigenvalue weighted by atomic mass is 9.93. The van der Waals surface area contributed by atoms with Crippen LogP contribution < -0.4 is 9.47 Å². The molecule has 164 valence electrons. The fourth-order valence-corrected chi connectivity index (χ4v) is 4.03. The van der Waals surface area contributed by atoms with Crippen molar-refractivity contribution in [3.05, 3.63) is 78.1 Å². The number of hydrogen-bond acceptors (Lipinski definition) is 5. The molecule has 1 aliphatic heterocycles. The van der Waals surface area contributed by atoms with E-state index in [0.717, 1.165) is 49.5 Å². The maximum Gasteiger partial charge on any atom is 0.119 e. The van der Waals surface area contributed by atoms with E-state index in [-0.39, 0.29) is 0 Å². The molecule has 1 aliphatic rings. The van der Waals surface area contributed by atoms with E-state index in [1.165, 1.54) is 5.56 Å². The maximum atomic E-state index is 11.1. The molecule has 1 N–H and O–H groups in total. The molecule has 0 amide bonds. The summed E-state index contributed by atoms with van der Waals surface area (Å²) in [5.41, 5.74) is 1.50. The molecule has 1 aromatic heterocycles. The van der Waals surface area contributed by atoms with Crippen molar-refractivity contribution < 1.29 is 14.6 Å². The summed E-state index contributed by atoms with van der Waals surface area (Å²) in [4.78, 5) is 2.30. The molecule has 3 aromatic rings. The van der Waals surface area contributed by atoms with Crippen molar-refractivity contribution in [1.29, 1.82) is 0 Å². The first-order valence-corrected chi connectivity index (χ1v) is 10.9. The van der Waals surface area contributed by atoms with Crippen LogP contribution in [0.25, 0.3) is 0 Å². The largest absolute Gasteiger partial charge is 0.492 e. The molecular formula is C25H31N3O3. The minimum atomic E-state index is -0.829. The van der Waals surface area contributed by atoms with Gasteiger partial charge in [-0.25, -0.2) is 0 Å². The third kappa shape index (κ3) is 6.32. The van der Waals surface area contributed by atoms with Gasteiger partial charge in [0.2, 0.25) is 0 Å². The number of ether oxygens (including phenoxy) is 2. The van der Waals surface area contributed by atoms with Crippen LogP contribution in [0.1, 0.15) is 24.0 Å². The second-order valence-corrected chi connectivity index (χ2v) is 8.42. The average molecular weight is 422 g/mol. The molecular weight excluding hydrogens is 390 g/mol. The summed E-state index contributed by atoms with van der Waals surface area (Å²) in [5.74, 6) is 1.66. The molecule has 0 spiro atoms. The summed E-state index contributed by atoms with van der Waals surface area (Å²) >= 11 is 0.